The van der Waals surface area contributed by atoms with Gasteiger partial charge in [0.05, 0.1) is 10.5 Å². The van der Waals surface area contributed by atoms with Crippen molar-refractivity contribution in [3.8, 4) is 0 Å². The van der Waals surface area contributed by atoms with Crippen molar-refractivity contribution in [3.05, 3.63) is 41.0 Å². The van der Waals surface area contributed by atoms with Gasteiger partial charge in [-0.25, -0.2) is 0 Å². The van der Waals surface area contributed by atoms with Crippen LogP contribution < -0.4 is 0 Å². The molecule has 0 saturated carbocycles. The Morgan fingerprint density at radius 3 is 2.71 bits per heavy atom. The molecular formula is C12H12ClN. The molecule has 0 radical (unpaired) electrons. The fraction of sp³-hybridized carbons (Fsp3) is 0.250. The van der Waals surface area contributed by atoms with Crippen LogP contribution >= 0.6 is 11.6 Å². The van der Waals surface area contributed by atoms with Gasteiger partial charge in [-0.3, -0.25) is 4.98 Å². The van der Waals surface area contributed by atoms with Gasteiger partial charge in [0.15, 0.2) is 0 Å². The Morgan fingerprint density at radius 1 is 1.21 bits per heavy atom. The van der Waals surface area contributed by atoms with Gasteiger partial charge in [0.25, 0.3) is 0 Å². The first-order valence-corrected chi connectivity index (χ1v) is 5.11. The highest BCUT2D eigenvalue weighted by molar-refractivity contribution is 6.35. The Labute approximate surface area is 88.7 Å². The van der Waals surface area contributed by atoms with Crippen LogP contribution in [-0.4, -0.2) is 4.98 Å². The molecule has 1 aromatic carbocycles. The largest absolute Gasteiger partial charge is 0.256 e. The summed E-state index contributed by atoms with van der Waals surface area (Å²) in [6, 6.07) is 7.98. The van der Waals surface area contributed by atoms with Crippen molar-refractivity contribution >= 4 is 22.5 Å². The second-order valence-electron chi connectivity index (χ2n) is 3.69. The SMILES string of the molecule is CC(C)c1cccc2c(Cl)ccnc12. The van der Waals surface area contributed by atoms with Crippen molar-refractivity contribution < 1.29 is 0 Å². The zero-order valence-corrected chi connectivity index (χ0v) is 9.05. The van der Waals surface area contributed by atoms with E-state index in [4.69, 9.17) is 11.6 Å². The molecule has 0 N–H and O–H groups in total. The lowest BCUT2D eigenvalue weighted by atomic mass is 10.00. The first kappa shape index (κ1) is 9.47. The van der Waals surface area contributed by atoms with E-state index in [9.17, 15) is 0 Å². The number of nitrogens with zero attached hydrogens (tertiary/aromatic N) is 1. The average Bonchev–Trinajstić information content (AvgIpc) is 2.17. The smallest absolute Gasteiger partial charge is 0.0751 e. The van der Waals surface area contributed by atoms with Crippen molar-refractivity contribution in [3.63, 3.8) is 0 Å². The lowest BCUT2D eigenvalue weighted by molar-refractivity contribution is 0.873. The number of benzene rings is 1. The molecule has 0 unspecified atom stereocenters. The van der Waals surface area contributed by atoms with Gasteiger partial charge in [0, 0.05) is 11.6 Å². The van der Waals surface area contributed by atoms with Crippen LogP contribution in [0.3, 0.4) is 0 Å². The van der Waals surface area contributed by atoms with Crippen molar-refractivity contribution in [2.75, 3.05) is 0 Å². The predicted octanol–water partition coefficient (Wildman–Crippen LogP) is 4.01. The lowest BCUT2D eigenvalue weighted by Crippen LogP contribution is -1.91. The molecule has 1 aromatic heterocycles. The number of rotatable bonds is 1. The molecule has 14 heavy (non-hydrogen) atoms. The molecule has 2 rings (SSSR count). The number of halogens is 1. The van der Waals surface area contributed by atoms with E-state index in [2.05, 4.69) is 24.9 Å². The maximum absolute atomic E-state index is 6.09. The monoisotopic (exact) mass is 205 g/mol. The van der Waals surface area contributed by atoms with Gasteiger partial charge in [0.2, 0.25) is 0 Å². The zero-order valence-electron chi connectivity index (χ0n) is 8.29. The van der Waals surface area contributed by atoms with Gasteiger partial charge >= 0.3 is 0 Å². The van der Waals surface area contributed by atoms with E-state index in [0.29, 0.717) is 5.92 Å². The number of fused-ring (bicyclic) bond motifs is 1. The Hall–Kier alpha value is -1.08. The molecule has 0 amide bonds. The summed E-state index contributed by atoms with van der Waals surface area (Å²) < 4.78 is 0. The van der Waals surface area contributed by atoms with Crippen LogP contribution in [0.5, 0.6) is 0 Å². The van der Waals surface area contributed by atoms with E-state index in [1.165, 1.54) is 5.56 Å². The van der Waals surface area contributed by atoms with Gasteiger partial charge in [-0.1, -0.05) is 43.6 Å². The third-order valence-corrected chi connectivity index (χ3v) is 2.70. The van der Waals surface area contributed by atoms with E-state index in [-0.39, 0.29) is 0 Å². The topological polar surface area (TPSA) is 12.9 Å². The Bertz CT molecular complexity index is 463. The van der Waals surface area contributed by atoms with Crippen LogP contribution in [-0.2, 0) is 0 Å². The number of hydrogen-bond donors (Lipinski definition) is 0. The number of hydrogen-bond acceptors (Lipinski definition) is 1. The van der Waals surface area contributed by atoms with Crippen LogP contribution in [0.2, 0.25) is 5.02 Å². The van der Waals surface area contributed by atoms with Crippen LogP contribution in [0, 0.1) is 0 Å². The summed E-state index contributed by atoms with van der Waals surface area (Å²) in [7, 11) is 0. The van der Waals surface area contributed by atoms with Gasteiger partial charge in [-0.2, -0.15) is 0 Å². The first-order valence-electron chi connectivity index (χ1n) is 4.73. The minimum absolute atomic E-state index is 0.477. The molecule has 0 aliphatic carbocycles. The van der Waals surface area contributed by atoms with E-state index < -0.39 is 0 Å². The highest BCUT2D eigenvalue weighted by Gasteiger charge is 2.07. The summed E-state index contributed by atoms with van der Waals surface area (Å²) in [5.74, 6) is 0.477. The summed E-state index contributed by atoms with van der Waals surface area (Å²) in [5, 5.41) is 1.82. The van der Waals surface area contributed by atoms with Crippen molar-refractivity contribution in [1.29, 1.82) is 0 Å². The van der Waals surface area contributed by atoms with E-state index in [0.717, 1.165) is 15.9 Å². The van der Waals surface area contributed by atoms with E-state index in [1.807, 2.05) is 18.2 Å². The van der Waals surface area contributed by atoms with Crippen LogP contribution in [0.25, 0.3) is 10.9 Å². The summed E-state index contributed by atoms with van der Waals surface area (Å²) in [5.41, 5.74) is 2.28. The molecule has 0 aliphatic rings. The fourth-order valence-corrected chi connectivity index (χ4v) is 1.84. The second-order valence-corrected chi connectivity index (χ2v) is 4.10. The minimum Gasteiger partial charge on any atom is -0.256 e. The normalized spacial score (nSPS) is 11.1. The first-order chi connectivity index (χ1) is 6.70. The van der Waals surface area contributed by atoms with Crippen LogP contribution in [0.1, 0.15) is 25.3 Å². The van der Waals surface area contributed by atoms with Gasteiger partial charge in [-0.15, -0.1) is 0 Å². The molecule has 0 aliphatic heterocycles. The Morgan fingerprint density at radius 2 is 2.00 bits per heavy atom. The molecule has 2 heteroatoms. The third kappa shape index (κ3) is 1.48. The molecule has 0 spiro atoms. The molecule has 72 valence electrons. The Balaban J connectivity index is 2.81. The van der Waals surface area contributed by atoms with Gasteiger partial charge in [0.1, 0.15) is 0 Å². The van der Waals surface area contributed by atoms with Crippen molar-refractivity contribution in [2.24, 2.45) is 0 Å². The van der Waals surface area contributed by atoms with E-state index >= 15 is 0 Å². The lowest BCUT2D eigenvalue weighted by Gasteiger charge is -2.09. The van der Waals surface area contributed by atoms with Crippen molar-refractivity contribution in [2.45, 2.75) is 19.8 Å². The molecular weight excluding hydrogens is 194 g/mol. The summed E-state index contributed by atoms with van der Waals surface area (Å²) in [6.07, 6.45) is 1.76. The van der Waals surface area contributed by atoms with Crippen LogP contribution in [0.4, 0.5) is 0 Å². The van der Waals surface area contributed by atoms with Crippen molar-refractivity contribution in [1.82, 2.24) is 4.98 Å². The Kier molecular flexibility index (Phi) is 2.42. The molecule has 1 heterocycles. The maximum Gasteiger partial charge on any atom is 0.0751 e. The third-order valence-electron chi connectivity index (χ3n) is 2.37. The quantitative estimate of drug-likeness (QED) is 0.686. The number of para-hydroxylation sites is 1. The summed E-state index contributed by atoms with van der Waals surface area (Å²) in [6.45, 7) is 4.33. The average molecular weight is 206 g/mol. The highest BCUT2D eigenvalue weighted by atomic mass is 35.5. The fourth-order valence-electron chi connectivity index (χ4n) is 1.63. The molecule has 2 aromatic rings. The molecule has 1 nitrogen and oxygen atoms in total. The summed E-state index contributed by atoms with van der Waals surface area (Å²) >= 11 is 6.09. The molecule has 0 fully saturated rings. The van der Waals surface area contributed by atoms with Gasteiger partial charge < -0.3 is 0 Å². The molecule has 0 bridgehead atoms. The zero-order chi connectivity index (χ0) is 10.1. The molecule has 0 atom stereocenters. The maximum atomic E-state index is 6.09. The number of pyridine rings is 1. The standard InChI is InChI=1S/C12H12ClN/c1-8(2)9-4-3-5-10-11(13)6-7-14-12(9)10/h3-8H,1-2H3. The summed E-state index contributed by atoms with van der Waals surface area (Å²) in [4.78, 5) is 4.38. The molecule has 0 saturated heterocycles. The number of aromatic nitrogens is 1. The van der Waals surface area contributed by atoms with Crippen LogP contribution in [0.15, 0.2) is 30.5 Å². The highest BCUT2D eigenvalue weighted by Crippen LogP contribution is 2.27. The second kappa shape index (κ2) is 3.58. The predicted molar refractivity (Wildman–Crippen MR) is 60.8 cm³/mol. The van der Waals surface area contributed by atoms with E-state index in [1.54, 1.807) is 6.20 Å². The van der Waals surface area contributed by atoms with Gasteiger partial charge in [-0.05, 0) is 17.5 Å². The minimum atomic E-state index is 0.477.